The van der Waals surface area contributed by atoms with E-state index in [1.165, 1.54) is 23.6 Å². The lowest BCUT2D eigenvalue weighted by Gasteiger charge is -2.49. The van der Waals surface area contributed by atoms with Crippen LogP contribution in [0, 0.1) is 0 Å². The zero-order chi connectivity index (χ0) is 18.1. The van der Waals surface area contributed by atoms with E-state index in [1.54, 1.807) is 20.8 Å². The van der Waals surface area contributed by atoms with E-state index in [4.69, 9.17) is 9.47 Å². The summed E-state index contributed by atoms with van der Waals surface area (Å²) in [6, 6.07) is -0.666. The maximum atomic E-state index is 12.6. The summed E-state index contributed by atoms with van der Waals surface area (Å²) in [5, 5.41) is 2.08. The third kappa shape index (κ3) is 3.72. The monoisotopic (exact) mass is 356 g/mol. The minimum absolute atomic E-state index is 0.0841. The van der Waals surface area contributed by atoms with Crippen LogP contribution in [0.5, 0.6) is 0 Å². The zero-order valence-corrected chi connectivity index (χ0v) is 14.8. The van der Waals surface area contributed by atoms with Crippen molar-refractivity contribution in [3.8, 4) is 0 Å². The van der Waals surface area contributed by atoms with Gasteiger partial charge in [0.1, 0.15) is 29.3 Å². The van der Waals surface area contributed by atoms with Crippen molar-refractivity contribution < 1.29 is 28.7 Å². The van der Waals surface area contributed by atoms with Crippen molar-refractivity contribution in [2.75, 3.05) is 12.4 Å². The average Bonchev–Trinajstić information content (AvgIpc) is 2.47. The Hall–Kier alpha value is -2.03. The number of ether oxygens (including phenoxy) is 2. The molecule has 2 rings (SSSR count). The van der Waals surface area contributed by atoms with E-state index < -0.39 is 23.6 Å². The molecule has 24 heavy (non-hydrogen) atoms. The smallest absolute Gasteiger partial charge is 0.355 e. The van der Waals surface area contributed by atoms with Crippen LogP contribution in [0.4, 0.5) is 0 Å². The molecule has 2 amide bonds. The van der Waals surface area contributed by atoms with Gasteiger partial charge in [0.25, 0.3) is 5.91 Å². The zero-order valence-electron chi connectivity index (χ0n) is 14.0. The van der Waals surface area contributed by atoms with Gasteiger partial charge in [0.05, 0.1) is 0 Å². The number of nitrogens with one attached hydrogen (secondary N) is 1. The summed E-state index contributed by atoms with van der Waals surface area (Å²) < 4.78 is 10.4. The summed E-state index contributed by atoms with van der Waals surface area (Å²) in [5.41, 5.74) is -0.118. The third-order valence-corrected chi connectivity index (χ3v) is 4.68. The maximum absolute atomic E-state index is 12.6. The van der Waals surface area contributed by atoms with Crippen LogP contribution in [0.25, 0.3) is 0 Å². The molecule has 2 aliphatic heterocycles. The standard InChI is InChI=1S/C15H20N2O6S/c1-8(19)22-5-9-6-24-13-10(16-7-18)12(20)17(13)11(9)14(21)23-15(2,3)4/h7,10,13H,5-6H2,1-4H3,(H,16,18)/t10-,13+/m1/s1. The number of β-lactam (4-membered cyclic amide) rings is 1. The van der Waals surface area contributed by atoms with Crippen molar-refractivity contribution in [3.05, 3.63) is 11.3 Å². The van der Waals surface area contributed by atoms with Gasteiger partial charge in [0.15, 0.2) is 0 Å². The molecule has 0 unspecified atom stereocenters. The topological polar surface area (TPSA) is 102 Å². The summed E-state index contributed by atoms with van der Waals surface area (Å²) in [6.07, 6.45) is 0.464. The molecule has 0 aromatic heterocycles. The first-order valence-corrected chi connectivity index (χ1v) is 8.43. The minimum atomic E-state index is -0.731. The van der Waals surface area contributed by atoms with Gasteiger partial charge in [-0.1, -0.05) is 0 Å². The Morgan fingerprint density at radius 1 is 1.42 bits per heavy atom. The largest absolute Gasteiger partial charge is 0.461 e. The number of thioether (sulfide) groups is 1. The minimum Gasteiger partial charge on any atom is -0.461 e. The van der Waals surface area contributed by atoms with Gasteiger partial charge in [-0.15, -0.1) is 11.8 Å². The van der Waals surface area contributed by atoms with Crippen molar-refractivity contribution in [2.24, 2.45) is 0 Å². The lowest BCUT2D eigenvalue weighted by molar-refractivity contribution is -0.159. The van der Waals surface area contributed by atoms with E-state index in [0.717, 1.165) is 0 Å². The molecule has 0 aliphatic carbocycles. The highest BCUT2D eigenvalue weighted by molar-refractivity contribution is 8.00. The Bertz CT molecular complexity index is 610. The fourth-order valence-electron chi connectivity index (χ4n) is 2.39. The fraction of sp³-hybridized carbons (Fsp3) is 0.600. The van der Waals surface area contributed by atoms with Crippen LogP contribution in [0.2, 0.25) is 0 Å². The molecule has 8 nitrogen and oxygen atoms in total. The predicted octanol–water partition coefficient (Wildman–Crippen LogP) is 0.175. The first-order valence-electron chi connectivity index (χ1n) is 7.39. The number of esters is 2. The van der Waals surface area contributed by atoms with Crippen molar-refractivity contribution in [1.82, 2.24) is 10.2 Å². The summed E-state index contributed by atoms with van der Waals surface area (Å²) in [7, 11) is 0. The highest BCUT2D eigenvalue weighted by atomic mass is 32.2. The number of nitrogens with zero attached hydrogens (tertiary/aromatic N) is 1. The van der Waals surface area contributed by atoms with Crippen LogP contribution in [-0.4, -0.2) is 58.5 Å². The molecule has 0 radical (unpaired) electrons. The van der Waals surface area contributed by atoms with Gasteiger partial charge in [-0.3, -0.25) is 19.3 Å². The van der Waals surface area contributed by atoms with Gasteiger partial charge in [0.2, 0.25) is 6.41 Å². The number of fused-ring (bicyclic) bond motifs is 1. The first-order chi connectivity index (χ1) is 11.2. The number of amides is 2. The summed E-state index contributed by atoms with van der Waals surface area (Å²) in [5.74, 6) is -1.12. The highest BCUT2D eigenvalue weighted by Gasteiger charge is 2.54. The molecule has 0 saturated carbocycles. The van der Waals surface area contributed by atoms with Gasteiger partial charge in [-0.2, -0.15) is 0 Å². The molecule has 9 heteroatoms. The summed E-state index contributed by atoms with van der Waals surface area (Å²) in [4.78, 5) is 47.8. The van der Waals surface area contributed by atoms with Crippen LogP contribution in [-0.2, 0) is 28.7 Å². The number of hydrogen-bond donors (Lipinski definition) is 1. The van der Waals surface area contributed by atoms with Gasteiger partial charge >= 0.3 is 11.9 Å². The molecule has 2 heterocycles. The molecule has 0 aromatic carbocycles. The third-order valence-electron chi connectivity index (χ3n) is 3.34. The van der Waals surface area contributed by atoms with Crippen molar-refractivity contribution in [3.63, 3.8) is 0 Å². The van der Waals surface area contributed by atoms with Crippen LogP contribution in [0.15, 0.2) is 11.3 Å². The number of carbonyl (C=O) groups excluding carboxylic acids is 4. The molecule has 1 N–H and O–H groups in total. The molecule has 132 valence electrons. The van der Waals surface area contributed by atoms with E-state index in [9.17, 15) is 19.2 Å². The van der Waals surface area contributed by atoms with Crippen LogP contribution in [0.3, 0.4) is 0 Å². The van der Waals surface area contributed by atoms with Gasteiger partial charge in [-0.05, 0) is 20.8 Å². The van der Waals surface area contributed by atoms with E-state index >= 15 is 0 Å². The Kier molecular flexibility index (Phi) is 5.22. The molecule has 1 saturated heterocycles. The number of hydrogen-bond acceptors (Lipinski definition) is 7. The lowest BCUT2D eigenvalue weighted by Crippen LogP contribution is -2.69. The SMILES string of the molecule is CC(=O)OCC1=C(C(=O)OC(C)(C)C)N2C(=O)[C@@H](NC=O)[C@@H]2SC1. The van der Waals surface area contributed by atoms with Crippen LogP contribution >= 0.6 is 11.8 Å². The normalized spacial score (nSPS) is 23.2. The van der Waals surface area contributed by atoms with E-state index in [0.29, 0.717) is 17.7 Å². The number of carbonyl (C=O) groups is 4. The van der Waals surface area contributed by atoms with Crippen LogP contribution < -0.4 is 5.32 Å². The fourth-order valence-corrected chi connectivity index (χ4v) is 3.73. The molecule has 2 atom stereocenters. The molecular formula is C15H20N2O6S. The average molecular weight is 356 g/mol. The van der Waals surface area contributed by atoms with Gasteiger partial charge in [-0.25, -0.2) is 4.79 Å². The van der Waals surface area contributed by atoms with Crippen molar-refractivity contribution in [1.29, 1.82) is 0 Å². The Morgan fingerprint density at radius 2 is 2.08 bits per heavy atom. The Labute approximate surface area is 143 Å². The molecule has 0 spiro atoms. The maximum Gasteiger partial charge on any atom is 0.355 e. The molecular weight excluding hydrogens is 336 g/mol. The van der Waals surface area contributed by atoms with Gasteiger partial charge < -0.3 is 14.8 Å². The lowest BCUT2D eigenvalue weighted by atomic mass is 10.0. The Balaban J connectivity index is 2.30. The van der Waals surface area contributed by atoms with Crippen molar-refractivity contribution in [2.45, 2.75) is 44.7 Å². The van der Waals surface area contributed by atoms with E-state index in [2.05, 4.69) is 5.32 Å². The second kappa shape index (κ2) is 6.84. The highest BCUT2D eigenvalue weighted by Crippen LogP contribution is 2.40. The summed E-state index contributed by atoms with van der Waals surface area (Å²) >= 11 is 1.39. The second-order valence-corrected chi connectivity index (χ2v) is 7.51. The number of rotatable bonds is 5. The molecule has 0 aromatic rings. The molecule has 1 fully saturated rings. The summed E-state index contributed by atoms with van der Waals surface area (Å²) in [6.45, 7) is 6.35. The van der Waals surface area contributed by atoms with E-state index in [-0.39, 0.29) is 23.6 Å². The predicted molar refractivity (Wildman–Crippen MR) is 85.6 cm³/mol. The van der Waals surface area contributed by atoms with Gasteiger partial charge in [0, 0.05) is 18.2 Å². The van der Waals surface area contributed by atoms with Crippen LogP contribution in [0.1, 0.15) is 27.7 Å². The molecule has 0 bridgehead atoms. The quantitative estimate of drug-likeness (QED) is 0.426. The van der Waals surface area contributed by atoms with Crippen molar-refractivity contribution >= 4 is 36.0 Å². The first kappa shape index (κ1) is 18.3. The van der Waals surface area contributed by atoms with E-state index in [1.807, 2.05) is 0 Å². The molecule has 2 aliphatic rings. The Morgan fingerprint density at radius 3 is 2.62 bits per heavy atom. The second-order valence-electron chi connectivity index (χ2n) is 6.41.